The van der Waals surface area contributed by atoms with Crippen molar-refractivity contribution in [3.8, 4) is 0 Å². The van der Waals surface area contributed by atoms with Gasteiger partial charge in [-0.3, -0.25) is 4.99 Å². The average molecular weight is 467 g/mol. The summed E-state index contributed by atoms with van der Waals surface area (Å²) in [6.07, 6.45) is 1.75. The molecule has 0 saturated carbocycles. The normalized spacial score (nSPS) is 13.3. The van der Waals surface area contributed by atoms with E-state index in [2.05, 4.69) is 29.5 Å². The maximum absolute atomic E-state index is 12.5. The number of aliphatic imine (C=N–C) groups is 1. The van der Waals surface area contributed by atoms with Crippen LogP contribution in [0.25, 0.3) is 0 Å². The van der Waals surface area contributed by atoms with E-state index < -0.39 is 9.84 Å². The first-order chi connectivity index (χ1) is 10.9. The standard InChI is InChI=1S/C17H29N3O2S.HI/c1-5-15(20-17(18-4)19-12-11-14(2)3)13-23(21,22)16-9-7-6-8-10-16;/h6-10,14-15H,5,11-13H2,1-4H3,(H2,18,19,20);1H. The van der Waals surface area contributed by atoms with Crippen LogP contribution in [-0.2, 0) is 9.84 Å². The summed E-state index contributed by atoms with van der Waals surface area (Å²) in [5.74, 6) is 1.32. The van der Waals surface area contributed by atoms with E-state index >= 15 is 0 Å². The molecule has 0 aromatic heterocycles. The Morgan fingerprint density at radius 1 is 1.21 bits per heavy atom. The SMILES string of the molecule is CCC(CS(=O)(=O)c1ccccc1)NC(=NC)NCCC(C)C.I. The van der Waals surface area contributed by atoms with Gasteiger partial charge in [0.1, 0.15) is 0 Å². The van der Waals surface area contributed by atoms with Gasteiger partial charge in [-0.1, -0.05) is 39.0 Å². The van der Waals surface area contributed by atoms with Gasteiger partial charge >= 0.3 is 0 Å². The minimum atomic E-state index is -3.30. The Morgan fingerprint density at radius 2 is 1.83 bits per heavy atom. The highest BCUT2D eigenvalue weighted by atomic mass is 127. The van der Waals surface area contributed by atoms with Crippen molar-refractivity contribution in [3.05, 3.63) is 30.3 Å². The van der Waals surface area contributed by atoms with Crippen LogP contribution < -0.4 is 10.6 Å². The molecule has 0 radical (unpaired) electrons. The summed E-state index contributed by atoms with van der Waals surface area (Å²) in [5, 5.41) is 6.45. The molecule has 5 nitrogen and oxygen atoms in total. The molecule has 1 rings (SSSR count). The molecule has 1 aromatic carbocycles. The van der Waals surface area contributed by atoms with Crippen LogP contribution >= 0.6 is 24.0 Å². The van der Waals surface area contributed by atoms with E-state index in [0.717, 1.165) is 13.0 Å². The zero-order valence-electron chi connectivity index (χ0n) is 15.0. The molecule has 0 saturated heterocycles. The minimum Gasteiger partial charge on any atom is -0.356 e. The summed E-state index contributed by atoms with van der Waals surface area (Å²) in [7, 11) is -1.61. The van der Waals surface area contributed by atoms with Gasteiger partial charge in [-0.2, -0.15) is 0 Å². The van der Waals surface area contributed by atoms with Crippen molar-refractivity contribution in [2.24, 2.45) is 10.9 Å². The van der Waals surface area contributed by atoms with Gasteiger partial charge < -0.3 is 10.6 Å². The summed E-state index contributed by atoms with van der Waals surface area (Å²) < 4.78 is 24.9. The maximum atomic E-state index is 12.5. The Balaban J connectivity index is 0.00000529. The third kappa shape index (κ3) is 8.32. The zero-order valence-corrected chi connectivity index (χ0v) is 18.1. The third-order valence-electron chi connectivity index (χ3n) is 3.59. The van der Waals surface area contributed by atoms with E-state index in [4.69, 9.17) is 0 Å². The van der Waals surface area contributed by atoms with E-state index in [1.54, 1.807) is 31.3 Å². The Hall–Kier alpha value is -0.830. The number of halogens is 1. The van der Waals surface area contributed by atoms with E-state index in [1.807, 2.05) is 13.0 Å². The lowest BCUT2D eigenvalue weighted by atomic mass is 10.1. The molecule has 7 heteroatoms. The number of hydrogen-bond acceptors (Lipinski definition) is 3. The molecule has 0 heterocycles. The molecule has 138 valence electrons. The highest BCUT2D eigenvalue weighted by Crippen LogP contribution is 2.12. The molecule has 0 spiro atoms. The monoisotopic (exact) mass is 467 g/mol. The number of rotatable bonds is 8. The lowest BCUT2D eigenvalue weighted by Gasteiger charge is -2.20. The minimum absolute atomic E-state index is 0. The van der Waals surface area contributed by atoms with Crippen molar-refractivity contribution in [3.63, 3.8) is 0 Å². The molecule has 0 fully saturated rings. The van der Waals surface area contributed by atoms with Crippen LogP contribution in [0.4, 0.5) is 0 Å². The predicted molar refractivity (Wildman–Crippen MR) is 112 cm³/mol. The molecule has 2 N–H and O–H groups in total. The second-order valence-electron chi connectivity index (χ2n) is 6.03. The van der Waals surface area contributed by atoms with Crippen LogP contribution in [0.3, 0.4) is 0 Å². The fourth-order valence-corrected chi connectivity index (χ4v) is 3.73. The van der Waals surface area contributed by atoms with Gasteiger partial charge in [0.25, 0.3) is 0 Å². The van der Waals surface area contributed by atoms with Crippen molar-refractivity contribution in [2.75, 3.05) is 19.3 Å². The van der Waals surface area contributed by atoms with Gasteiger partial charge in [0.15, 0.2) is 15.8 Å². The first kappa shape index (κ1) is 23.2. The topological polar surface area (TPSA) is 70.6 Å². The van der Waals surface area contributed by atoms with Gasteiger partial charge in [0, 0.05) is 19.6 Å². The largest absolute Gasteiger partial charge is 0.356 e. The highest BCUT2D eigenvalue weighted by Gasteiger charge is 2.20. The van der Waals surface area contributed by atoms with Gasteiger partial charge in [0.2, 0.25) is 0 Å². The quantitative estimate of drug-likeness (QED) is 0.350. The van der Waals surface area contributed by atoms with Gasteiger partial charge in [-0.15, -0.1) is 24.0 Å². The van der Waals surface area contributed by atoms with Crippen LogP contribution in [0.1, 0.15) is 33.6 Å². The van der Waals surface area contributed by atoms with Crippen molar-refractivity contribution < 1.29 is 8.42 Å². The van der Waals surface area contributed by atoms with E-state index in [1.165, 1.54) is 0 Å². The molecular formula is C17H30IN3O2S. The molecule has 1 aromatic rings. The maximum Gasteiger partial charge on any atom is 0.191 e. The van der Waals surface area contributed by atoms with Crippen LogP contribution in [0.15, 0.2) is 40.2 Å². The van der Waals surface area contributed by atoms with E-state index in [-0.39, 0.29) is 35.8 Å². The number of hydrogen-bond donors (Lipinski definition) is 2. The van der Waals surface area contributed by atoms with Gasteiger partial charge in [-0.25, -0.2) is 8.42 Å². The van der Waals surface area contributed by atoms with Gasteiger partial charge in [0.05, 0.1) is 10.6 Å². The van der Waals surface area contributed by atoms with E-state index in [0.29, 0.717) is 23.2 Å². The molecule has 0 aliphatic carbocycles. The summed E-state index contributed by atoms with van der Waals surface area (Å²) >= 11 is 0. The van der Waals surface area contributed by atoms with Crippen molar-refractivity contribution in [2.45, 2.75) is 44.6 Å². The smallest absolute Gasteiger partial charge is 0.191 e. The molecule has 0 aliphatic rings. The van der Waals surface area contributed by atoms with Crippen LogP contribution in [0.5, 0.6) is 0 Å². The molecule has 1 unspecified atom stereocenters. The molecular weight excluding hydrogens is 437 g/mol. The summed E-state index contributed by atoms with van der Waals surface area (Å²) in [4.78, 5) is 4.54. The Bertz CT molecular complexity index is 589. The molecule has 1 atom stereocenters. The number of benzene rings is 1. The molecule has 24 heavy (non-hydrogen) atoms. The van der Waals surface area contributed by atoms with E-state index in [9.17, 15) is 8.42 Å². The highest BCUT2D eigenvalue weighted by molar-refractivity contribution is 14.0. The predicted octanol–water partition coefficient (Wildman–Crippen LogP) is 3.07. The average Bonchev–Trinajstić information content (AvgIpc) is 2.53. The van der Waals surface area contributed by atoms with Gasteiger partial charge in [-0.05, 0) is 30.9 Å². The second-order valence-corrected chi connectivity index (χ2v) is 8.06. The summed E-state index contributed by atoms with van der Waals surface area (Å²) in [6.45, 7) is 7.12. The number of sulfone groups is 1. The molecule has 0 amide bonds. The van der Waals surface area contributed by atoms with Crippen LogP contribution in [0, 0.1) is 5.92 Å². The van der Waals surface area contributed by atoms with Crippen molar-refractivity contribution >= 4 is 39.8 Å². The van der Waals surface area contributed by atoms with Crippen molar-refractivity contribution in [1.29, 1.82) is 0 Å². The van der Waals surface area contributed by atoms with Crippen LogP contribution in [0.2, 0.25) is 0 Å². The first-order valence-electron chi connectivity index (χ1n) is 8.14. The Kier molecular flexibility index (Phi) is 11.3. The van der Waals surface area contributed by atoms with Crippen molar-refractivity contribution in [1.82, 2.24) is 10.6 Å². The fourth-order valence-electron chi connectivity index (χ4n) is 2.12. The first-order valence-corrected chi connectivity index (χ1v) is 9.79. The fraction of sp³-hybridized carbons (Fsp3) is 0.588. The number of guanidine groups is 1. The summed E-state index contributed by atoms with van der Waals surface area (Å²) in [5.41, 5.74) is 0. The second kappa shape index (κ2) is 11.7. The molecule has 0 aliphatic heterocycles. The zero-order chi connectivity index (χ0) is 17.3. The summed E-state index contributed by atoms with van der Waals surface area (Å²) in [6, 6.07) is 8.40. The number of nitrogens with zero attached hydrogens (tertiary/aromatic N) is 1. The third-order valence-corrected chi connectivity index (χ3v) is 5.43. The number of nitrogens with one attached hydrogen (secondary N) is 2. The van der Waals surface area contributed by atoms with Crippen LogP contribution in [-0.4, -0.2) is 39.8 Å². The Labute approximate surface area is 163 Å². The Morgan fingerprint density at radius 3 is 2.33 bits per heavy atom. The molecule has 0 bridgehead atoms. The lowest BCUT2D eigenvalue weighted by Crippen LogP contribution is -2.46. The lowest BCUT2D eigenvalue weighted by molar-refractivity contribution is 0.556.